The van der Waals surface area contributed by atoms with E-state index in [0.29, 0.717) is 6.42 Å². The lowest BCUT2D eigenvalue weighted by atomic mass is 10.0. The summed E-state index contributed by atoms with van der Waals surface area (Å²) in [4.78, 5) is 14.9. The molecule has 1 rings (SSSR count). The first-order chi connectivity index (χ1) is 8.56. The number of halogens is 1. The van der Waals surface area contributed by atoms with Gasteiger partial charge in [0.05, 0.1) is 0 Å². The van der Waals surface area contributed by atoms with Crippen LogP contribution in [0.5, 0.6) is 0 Å². The predicted molar refractivity (Wildman–Crippen MR) is 71.0 cm³/mol. The topological polar surface area (TPSA) is 55.4 Å². The van der Waals surface area contributed by atoms with Crippen LogP contribution in [0.1, 0.15) is 18.9 Å². The third-order valence-corrected chi connectivity index (χ3v) is 2.61. The molecule has 0 saturated heterocycles. The number of primary amides is 1. The minimum Gasteiger partial charge on any atom is -0.364 e. The zero-order chi connectivity index (χ0) is 13.5. The highest BCUT2D eigenvalue weighted by Crippen LogP contribution is 2.12. The van der Waals surface area contributed by atoms with Gasteiger partial charge in [-0.1, -0.05) is 24.6 Å². The fourth-order valence-electron chi connectivity index (χ4n) is 1.63. The highest BCUT2D eigenvalue weighted by Gasteiger charge is 2.05. The van der Waals surface area contributed by atoms with Crippen LogP contribution < -0.4 is 5.73 Å². The van der Waals surface area contributed by atoms with Crippen LogP contribution in [0.3, 0.4) is 0 Å². The smallest absolute Gasteiger partial charge is 0.266 e. The number of carbonyl (C=O) groups excluding carboxylic acids is 1. The van der Waals surface area contributed by atoms with Gasteiger partial charge in [-0.25, -0.2) is 4.39 Å². The fraction of sp³-hybridized carbons (Fsp3) is 0.286. The Morgan fingerprint density at radius 1 is 1.50 bits per heavy atom. The van der Waals surface area contributed by atoms with E-state index in [9.17, 15) is 9.18 Å². The van der Waals surface area contributed by atoms with Crippen molar-refractivity contribution in [2.45, 2.75) is 19.8 Å². The lowest BCUT2D eigenvalue weighted by Gasteiger charge is -2.05. The van der Waals surface area contributed by atoms with E-state index in [1.54, 1.807) is 12.1 Å². The summed E-state index contributed by atoms with van der Waals surface area (Å²) in [5, 5.41) is 0. The molecule has 1 aromatic rings. The number of rotatable bonds is 5. The molecule has 0 unspecified atom stereocenters. The van der Waals surface area contributed by atoms with Crippen LogP contribution in [0.2, 0.25) is 0 Å². The number of carbonyl (C=O) groups is 1. The highest BCUT2D eigenvalue weighted by molar-refractivity contribution is 6.42. The summed E-state index contributed by atoms with van der Waals surface area (Å²) in [5.41, 5.74) is 7.28. The second-order valence-corrected chi connectivity index (χ2v) is 3.94. The molecule has 0 aliphatic rings. The summed E-state index contributed by atoms with van der Waals surface area (Å²) in [6.45, 7) is 1.97. The number of aliphatic imine (C=N–C) groups is 1. The van der Waals surface area contributed by atoms with Gasteiger partial charge in [0.15, 0.2) is 0 Å². The second-order valence-electron chi connectivity index (χ2n) is 3.94. The van der Waals surface area contributed by atoms with Gasteiger partial charge >= 0.3 is 0 Å². The Morgan fingerprint density at radius 3 is 2.72 bits per heavy atom. The minimum atomic E-state index is -0.553. The number of hydrogen-bond acceptors (Lipinski definition) is 2. The molecule has 0 atom stereocenters. The predicted octanol–water partition coefficient (Wildman–Crippen LogP) is 2.26. The van der Waals surface area contributed by atoms with Crippen molar-refractivity contribution in [3.8, 4) is 0 Å². The SMILES string of the molecule is CC/C(=C\C(=N/C)C(N)=O)Cc1cccc(F)c1. The van der Waals surface area contributed by atoms with E-state index in [-0.39, 0.29) is 11.5 Å². The Balaban J connectivity index is 2.91. The number of nitrogens with two attached hydrogens (primary N) is 1. The van der Waals surface area contributed by atoms with E-state index in [1.165, 1.54) is 19.2 Å². The molecule has 0 spiro atoms. The normalized spacial score (nSPS) is 12.6. The molecule has 0 saturated carbocycles. The van der Waals surface area contributed by atoms with Crippen molar-refractivity contribution < 1.29 is 9.18 Å². The van der Waals surface area contributed by atoms with Crippen LogP contribution in [0.4, 0.5) is 4.39 Å². The summed E-state index contributed by atoms with van der Waals surface area (Å²) in [5.74, 6) is -0.815. The Hall–Kier alpha value is -1.97. The summed E-state index contributed by atoms with van der Waals surface area (Å²) in [7, 11) is 1.52. The molecule has 1 amide bonds. The van der Waals surface area contributed by atoms with E-state index >= 15 is 0 Å². The van der Waals surface area contributed by atoms with Crippen molar-refractivity contribution in [2.24, 2.45) is 10.7 Å². The van der Waals surface area contributed by atoms with Crippen LogP contribution in [-0.4, -0.2) is 18.7 Å². The number of hydrogen-bond donors (Lipinski definition) is 1. The number of nitrogens with zero attached hydrogens (tertiary/aromatic N) is 1. The van der Waals surface area contributed by atoms with E-state index in [2.05, 4.69) is 4.99 Å². The van der Waals surface area contributed by atoms with Gasteiger partial charge in [-0.3, -0.25) is 9.79 Å². The zero-order valence-electron chi connectivity index (χ0n) is 10.6. The van der Waals surface area contributed by atoms with Crippen molar-refractivity contribution in [3.05, 3.63) is 47.3 Å². The molecule has 96 valence electrons. The van der Waals surface area contributed by atoms with Crippen LogP contribution in [0.25, 0.3) is 0 Å². The maximum atomic E-state index is 13.1. The minimum absolute atomic E-state index is 0.239. The van der Waals surface area contributed by atoms with Crippen molar-refractivity contribution in [3.63, 3.8) is 0 Å². The van der Waals surface area contributed by atoms with Gasteiger partial charge in [0, 0.05) is 7.05 Å². The first kappa shape index (κ1) is 14.1. The van der Waals surface area contributed by atoms with Gasteiger partial charge in [0.2, 0.25) is 0 Å². The summed E-state index contributed by atoms with van der Waals surface area (Å²) in [6, 6.07) is 6.40. The average Bonchev–Trinajstić information content (AvgIpc) is 2.34. The van der Waals surface area contributed by atoms with E-state index in [0.717, 1.165) is 17.6 Å². The molecule has 3 nitrogen and oxygen atoms in total. The van der Waals surface area contributed by atoms with Gasteiger partial charge in [-0.15, -0.1) is 0 Å². The molecule has 4 heteroatoms. The summed E-state index contributed by atoms with van der Waals surface area (Å²) in [6.07, 6.45) is 3.01. The van der Waals surface area contributed by atoms with Crippen molar-refractivity contribution >= 4 is 11.6 Å². The monoisotopic (exact) mass is 248 g/mol. The first-order valence-corrected chi connectivity index (χ1v) is 5.77. The van der Waals surface area contributed by atoms with Crippen molar-refractivity contribution in [1.82, 2.24) is 0 Å². The standard InChI is InChI=1S/C14H17FN2O/c1-3-10(9-13(17-2)14(16)18)7-11-5-4-6-12(15)8-11/h4-6,8-9H,3,7H2,1-2H3,(H2,16,18)/b10-9+,17-13+. The van der Waals surface area contributed by atoms with Gasteiger partial charge in [0.1, 0.15) is 11.5 Å². The molecule has 0 heterocycles. The molecule has 0 aliphatic heterocycles. The van der Waals surface area contributed by atoms with Crippen LogP contribution in [0, 0.1) is 5.82 Å². The lowest BCUT2D eigenvalue weighted by molar-refractivity contribution is -0.111. The van der Waals surface area contributed by atoms with Gasteiger partial charge < -0.3 is 5.73 Å². The molecule has 0 aliphatic carbocycles. The second kappa shape index (κ2) is 6.69. The maximum absolute atomic E-state index is 13.1. The van der Waals surface area contributed by atoms with Crippen LogP contribution in [-0.2, 0) is 11.2 Å². The van der Waals surface area contributed by atoms with E-state index in [1.807, 2.05) is 13.0 Å². The molecular formula is C14H17FN2O. The molecule has 0 bridgehead atoms. The third-order valence-electron chi connectivity index (χ3n) is 2.61. The molecule has 2 N–H and O–H groups in total. The highest BCUT2D eigenvalue weighted by atomic mass is 19.1. The average molecular weight is 248 g/mol. The van der Waals surface area contributed by atoms with E-state index < -0.39 is 5.91 Å². The maximum Gasteiger partial charge on any atom is 0.266 e. The zero-order valence-corrected chi connectivity index (χ0v) is 10.6. The Kier molecular flexibility index (Phi) is 5.24. The van der Waals surface area contributed by atoms with Gasteiger partial charge in [0.25, 0.3) is 5.91 Å². The number of benzene rings is 1. The molecule has 1 aromatic carbocycles. The Bertz CT molecular complexity index is 492. The molecular weight excluding hydrogens is 231 g/mol. The summed E-state index contributed by atoms with van der Waals surface area (Å²) < 4.78 is 13.1. The van der Waals surface area contributed by atoms with Gasteiger partial charge in [-0.05, 0) is 36.6 Å². The molecule has 18 heavy (non-hydrogen) atoms. The molecule has 0 radical (unpaired) electrons. The third kappa shape index (κ3) is 4.13. The largest absolute Gasteiger partial charge is 0.364 e. The van der Waals surface area contributed by atoms with Crippen molar-refractivity contribution in [2.75, 3.05) is 7.05 Å². The van der Waals surface area contributed by atoms with Gasteiger partial charge in [-0.2, -0.15) is 0 Å². The Morgan fingerprint density at radius 2 is 2.22 bits per heavy atom. The number of amides is 1. The van der Waals surface area contributed by atoms with Crippen molar-refractivity contribution in [1.29, 1.82) is 0 Å². The summed E-state index contributed by atoms with van der Waals surface area (Å²) >= 11 is 0. The van der Waals surface area contributed by atoms with Crippen LogP contribution >= 0.6 is 0 Å². The van der Waals surface area contributed by atoms with E-state index in [4.69, 9.17) is 5.73 Å². The van der Waals surface area contributed by atoms with Crippen LogP contribution in [0.15, 0.2) is 40.9 Å². The number of allylic oxidation sites excluding steroid dienone is 1. The molecule has 0 fully saturated rings. The quantitative estimate of drug-likeness (QED) is 0.798. The Labute approximate surface area is 106 Å². The first-order valence-electron chi connectivity index (χ1n) is 5.77. The lowest BCUT2D eigenvalue weighted by Crippen LogP contribution is -2.21. The fourth-order valence-corrected chi connectivity index (χ4v) is 1.63. The molecule has 0 aromatic heterocycles.